The number of hydrogen-bond acceptors (Lipinski definition) is 9. The van der Waals surface area contributed by atoms with Crippen molar-refractivity contribution in [2.24, 2.45) is 7.05 Å². The van der Waals surface area contributed by atoms with Crippen LogP contribution in [0.25, 0.3) is 12.2 Å². The van der Waals surface area contributed by atoms with Gasteiger partial charge in [0.1, 0.15) is 0 Å². The third-order valence-electron chi connectivity index (χ3n) is 5.97. The van der Waals surface area contributed by atoms with Crippen LogP contribution < -0.4 is 22.7 Å². The number of anilines is 1. The second kappa shape index (κ2) is 13.5. The van der Waals surface area contributed by atoms with Gasteiger partial charge in [-0.2, -0.15) is 8.42 Å². The maximum absolute atomic E-state index is 11.4. The molecule has 8 nitrogen and oxygen atoms in total. The van der Waals surface area contributed by atoms with Gasteiger partial charge in [0.25, 0.3) is 0 Å². The molecule has 1 unspecified atom stereocenters. The molecule has 0 fully saturated rings. The predicted molar refractivity (Wildman–Crippen MR) is 159 cm³/mol. The number of hydrogen-bond donors (Lipinski definition) is 1. The van der Waals surface area contributed by atoms with E-state index in [0.29, 0.717) is 27.8 Å². The molecule has 2 aliphatic rings. The van der Waals surface area contributed by atoms with Gasteiger partial charge in [0.05, 0.1) is 14.2 Å². The van der Waals surface area contributed by atoms with E-state index in [1.54, 1.807) is 26.0 Å². The van der Waals surface area contributed by atoms with Gasteiger partial charge in [-0.25, -0.2) is 0 Å². The van der Waals surface area contributed by atoms with E-state index in [9.17, 15) is 13.0 Å². The minimum atomic E-state index is -4.03. The molecule has 0 spiro atoms. The summed E-state index contributed by atoms with van der Waals surface area (Å²) in [6.45, 7) is 2.60. The molecule has 3 heterocycles. The van der Waals surface area contributed by atoms with Crippen LogP contribution in [0, 0.1) is 0 Å². The summed E-state index contributed by atoms with van der Waals surface area (Å²) in [4.78, 5) is 4.49. The zero-order chi connectivity index (χ0) is 26.7. The van der Waals surface area contributed by atoms with E-state index in [4.69, 9.17) is 9.47 Å². The van der Waals surface area contributed by atoms with Gasteiger partial charge >= 0.3 is 216 Å². The van der Waals surface area contributed by atoms with E-state index in [-0.39, 0.29) is 32.2 Å². The van der Waals surface area contributed by atoms with Crippen molar-refractivity contribution in [2.45, 2.75) is 28.0 Å². The van der Waals surface area contributed by atoms with Gasteiger partial charge < -0.3 is 5.48 Å². The van der Waals surface area contributed by atoms with E-state index in [0.717, 1.165) is 22.0 Å². The molecule has 2 aromatic rings. The van der Waals surface area contributed by atoms with Crippen LogP contribution in [0.3, 0.4) is 0 Å². The monoisotopic (exact) mass is 714 g/mol. The third-order valence-corrected chi connectivity index (χ3v) is 15.5. The van der Waals surface area contributed by atoms with E-state index < -0.39 is 10.1 Å². The molecule has 0 radical (unpaired) electrons. The average molecular weight is 712 g/mol. The van der Waals surface area contributed by atoms with E-state index in [2.05, 4.69) is 54.0 Å². The number of aromatic nitrogens is 1. The topological polar surface area (TPSA) is 110 Å². The quantitative estimate of drug-likeness (QED) is 0.222. The van der Waals surface area contributed by atoms with E-state index in [1.165, 1.54) is 19.2 Å². The van der Waals surface area contributed by atoms with Gasteiger partial charge in [-0.05, 0) is 0 Å². The van der Waals surface area contributed by atoms with Crippen LogP contribution >= 0.6 is 34.9 Å². The van der Waals surface area contributed by atoms with Gasteiger partial charge in [-0.1, -0.05) is 0 Å². The van der Waals surface area contributed by atoms with Crippen LogP contribution in [0.4, 0.5) is 5.69 Å². The van der Waals surface area contributed by atoms with Gasteiger partial charge in [-0.3, -0.25) is 4.55 Å². The molecule has 0 aliphatic carbocycles. The summed E-state index contributed by atoms with van der Waals surface area (Å²) in [6, 6.07) is 3.88. The van der Waals surface area contributed by atoms with Crippen LogP contribution in [-0.2, 0) is 17.2 Å². The minimum Gasteiger partial charge on any atom is -0.870 e. The molecule has 1 aromatic carbocycles. The fourth-order valence-corrected chi connectivity index (χ4v) is 11.7. The zero-order valence-corrected chi connectivity index (χ0v) is 27.4. The second-order valence-corrected chi connectivity index (χ2v) is 17.2. The van der Waals surface area contributed by atoms with E-state index >= 15 is 0 Å². The molecule has 0 saturated heterocycles. The molecule has 0 bridgehead atoms. The molecule has 1 atom stereocenters. The summed E-state index contributed by atoms with van der Waals surface area (Å²) in [5.74, 6) is 0.979. The van der Waals surface area contributed by atoms with Crippen molar-refractivity contribution in [3.05, 3.63) is 44.8 Å². The first-order chi connectivity index (χ1) is 17.7. The van der Waals surface area contributed by atoms with Crippen molar-refractivity contribution in [1.82, 2.24) is 0 Å². The zero-order valence-electron chi connectivity index (χ0n) is 21.8. The van der Waals surface area contributed by atoms with Crippen molar-refractivity contribution < 1.29 is 32.5 Å². The molecule has 0 saturated carbocycles. The van der Waals surface area contributed by atoms with Crippen LogP contribution in [-0.4, -0.2) is 75.4 Å². The Bertz CT molecular complexity index is 1370. The summed E-state index contributed by atoms with van der Waals surface area (Å²) < 4.78 is 47.5. The summed E-state index contributed by atoms with van der Waals surface area (Å²) in [7, 11) is 1.35. The second-order valence-electron chi connectivity index (χ2n) is 8.37. The van der Waals surface area contributed by atoms with Crippen molar-refractivity contribution in [2.75, 3.05) is 37.7 Å². The van der Waals surface area contributed by atoms with E-state index in [1.807, 2.05) is 35.2 Å². The van der Waals surface area contributed by atoms with Gasteiger partial charge in [0.15, 0.2) is 0 Å². The van der Waals surface area contributed by atoms with Crippen LogP contribution in [0.2, 0.25) is 0 Å². The number of methoxy groups -OCH3 is 2. The average Bonchev–Trinajstić information content (AvgIpc) is 3.37. The predicted octanol–water partition coefficient (Wildman–Crippen LogP) is 3.98. The van der Waals surface area contributed by atoms with Crippen LogP contribution in [0.15, 0.2) is 39.8 Å². The molecule has 38 heavy (non-hydrogen) atoms. The standard InChI is InChI=1S/C25H30N2O5S4Te.H2O/c1-6-16(12-22-26(2)25-20(34-22)8-9-24(33-5)37-25)13-23-27(10-7-11-36(28,29)30)17-14-18(31-3)19(32-4)15-21(17)35-23;/h8-9,12-15,24H,6-7,10-11H2,1-5H3;1H2. The summed E-state index contributed by atoms with van der Waals surface area (Å²) in [5, 5.41) is 2.24. The first-order valence-electron chi connectivity index (χ1n) is 11.7. The van der Waals surface area contributed by atoms with Gasteiger partial charge in [0, 0.05) is 0 Å². The van der Waals surface area contributed by atoms with Crippen molar-refractivity contribution in [3.8, 4) is 11.5 Å². The molecular formula is C25H32N2O6S4Te. The number of ether oxygens (including phenoxy) is 2. The number of fused-ring (bicyclic) bond motifs is 2. The minimum absolute atomic E-state index is 0. The SMILES string of the molecule is CCC(=Cc1sc2c([n+]1C)[Te]C(SC)C=C2)C=C1Sc2cc(OC)c(OC)cc2N1CCCS(=O)(=O)O.[OH-]. The van der Waals surface area contributed by atoms with Gasteiger partial charge in [0.2, 0.25) is 0 Å². The number of thiazole rings is 1. The number of allylic oxidation sites excluding steroid dienone is 2. The number of benzene rings is 1. The Hall–Kier alpha value is -1.17. The Morgan fingerprint density at radius 1 is 1.29 bits per heavy atom. The summed E-state index contributed by atoms with van der Waals surface area (Å²) >= 11 is 5.11. The van der Waals surface area contributed by atoms with Crippen molar-refractivity contribution in [1.29, 1.82) is 0 Å². The Labute approximate surface area is 247 Å². The fourth-order valence-electron chi connectivity index (χ4n) is 4.04. The summed E-state index contributed by atoms with van der Waals surface area (Å²) in [6.07, 6.45) is 12.4. The molecule has 208 valence electrons. The molecule has 0 amide bonds. The Morgan fingerprint density at radius 2 is 2.00 bits per heavy atom. The molecule has 2 aliphatic heterocycles. The summed E-state index contributed by atoms with van der Waals surface area (Å²) in [5.41, 5.74) is 2.13. The molecule has 4 rings (SSSR count). The smallest absolute Gasteiger partial charge is 0.870 e. The maximum atomic E-state index is 11.4. The normalized spacial score (nSPS) is 17.8. The van der Waals surface area contributed by atoms with Crippen molar-refractivity contribution in [3.63, 3.8) is 0 Å². The molecular weight excluding hydrogens is 680 g/mol. The third kappa shape index (κ3) is 7.12. The molecule has 1 aromatic heterocycles. The molecule has 2 N–H and O–H groups in total. The number of rotatable bonds is 10. The first kappa shape index (κ1) is 31.4. The molecule has 13 heteroatoms. The van der Waals surface area contributed by atoms with Gasteiger partial charge in [-0.15, -0.1) is 0 Å². The number of nitrogens with zero attached hydrogens (tertiary/aromatic N) is 2. The Balaban J connectivity index is 0.00000400. The number of thioether (sulfide) groups is 2. The van der Waals surface area contributed by atoms with Crippen molar-refractivity contribution >= 4 is 87.5 Å². The first-order valence-corrected chi connectivity index (χ1v) is 18.7. The fraction of sp³-hybridized carbons (Fsp3) is 0.400. The Kier molecular flexibility index (Phi) is 11.1. The van der Waals surface area contributed by atoms with Crippen LogP contribution in [0.1, 0.15) is 29.7 Å². The Morgan fingerprint density at radius 3 is 2.63 bits per heavy atom. The van der Waals surface area contributed by atoms with Crippen LogP contribution in [0.5, 0.6) is 11.5 Å².